The fourth-order valence-corrected chi connectivity index (χ4v) is 6.22. The number of ether oxygens (including phenoxy) is 2. The number of nitrogens with one attached hydrogen (secondary N) is 1. The number of fused-ring (bicyclic) bond motifs is 3. The van der Waals surface area contributed by atoms with Crippen molar-refractivity contribution >= 4 is 19.5 Å². The van der Waals surface area contributed by atoms with Crippen LogP contribution in [0.5, 0.6) is 5.75 Å². The highest BCUT2D eigenvalue weighted by molar-refractivity contribution is 7.52. The van der Waals surface area contributed by atoms with Gasteiger partial charge in [0.25, 0.3) is 0 Å². The summed E-state index contributed by atoms with van der Waals surface area (Å²) in [7, 11) is -2.55. The van der Waals surface area contributed by atoms with Crippen LogP contribution in [0.25, 0.3) is 0 Å². The van der Waals surface area contributed by atoms with Crippen molar-refractivity contribution in [1.82, 2.24) is 9.99 Å². The highest BCUT2D eigenvalue weighted by atomic mass is 31.2. The Morgan fingerprint density at radius 1 is 1.24 bits per heavy atom. The first-order valence-electron chi connectivity index (χ1n) is 11.4. The molecule has 3 fully saturated rings. The quantitative estimate of drug-likeness (QED) is 0.376. The van der Waals surface area contributed by atoms with Gasteiger partial charge in [0.15, 0.2) is 5.78 Å². The van der Waals surface area contributed by atoms with Crippen LogP contribution in [0, 0.1) is 5.92 Å². The smallest absolute Gasteiger partial charge is 0.459 e. The van der Waals surface area contributed by atoms with Crippen LogP contribution in [-0.4, -0.2) is 67.2 Å². The molecule has 0 saturated carbocycles. The van der Waals surface area contributed by atoms with Gasteiger partial charge in [-0.25, -0.2) is 4.57 Å². The molecule has 33 heavy (non-hydrogen) atoms. The zero-order valence-corrected chi connectivity index (χ0v) is 20.9. The van der Waals surface area contributed by atoms with Gasteiger partial charge in [-0.3, -0.25) is 19.0 Å². The number of ketones is 1. The Kier molecular flexibility index (Phi) is 8.35. The lowest BCUT2D eigenvalue weighted by molar-refractivity contribution is -0.163. The molecule has 1 aromatic rings. The number of carbonyl (C=O) groups excluding carboxylic acids is 2. The van der Waals surface area contributed by atoms with Crippen molar-refractivity contribution in [2.24, 2.45) is 5.92 Å². The second kappa shape index (κ2) is 10.7. The second-order valence-electron chi connectivity index (χ2n) is 9.10. The molecule has 3 heterocycles. The largest absolute Gasteiger partial charge is 0.462 e. The van der Waals surface area contributed by atoms with Crippen molar-refractivity contribution < 1.29 is 32.7 Å². The van der Waals surface area contributed by atoms with E-state index in [0.29, 0.717) is 5.75 Å². The molecule has 0 radical (unpaired) electrons. The molecule has 9 nitrogen and oxygen atoms in total. The van der Waals surface area contributed by atoms with Crippen LogP contribution in [0.15, 0.2) is 30.3 Å². The maximum atomic E-state index is 13.8. The van der Waals surface area contributed by atoms with Crippen LogP contribution in [0.1, 0.15) is 40.5 Å². The van der Waals surface area contributed by atoms with E-state index in [2.05, 4.69) is 16.9 Å². The molecule has 3 aliphatic heterocycles. The third-order valence-electron chi connectivity index (χ3n) is 6.14. The van der Waals surface area contributed by atoms with Gasteiger partial charge in [-0.05, 0) is 52.7 Å². The molecule has 4 rings (SSSR count). The van der Waals surface area contributed by atoms with Crippen molar-refractivity contribution in [1.29, 1.82) is 0 Å². The van der Waals surface area contributed by atoms with E-state index in [4.69, 9.17) is 18.5 Å². The summed E-state index contributed by atoms with van der Waals surface area (Å²) in [6.45, 7) is 7.72. The van der Waals surface area contributed by atoms with Crippen LogP contribution in [-0.2, 0) is 28.2 Å². The molecule has 10 heteroatoms. The second-order valence-corrected chi connectivity index (χ2v) is 10.8. The van der Waals surface area contributed by atoms with Crippen LogP contribution in [0.4, 0.5) is 0 Å². The van der Waals surface area contributed by atoms with E-state index < -0.39 is 25.3 Å². The number of rotatable bonds is 11. The van der Waals surface area contributed by atoms with Gasteiger partial charge in [0.05, 0.1) is 19.3 Å². The molecule has 0 aliphatic carbocycles. The van der Waals surface area contributed by atoms with Gasteiger partial charge in [0, 0.05) is 25.6 Å². The predicted octanol–water partition coefficient (Wildman–Crippen LogP) is 3.19. The molecule has 2 bridgehead atoms. The minimum absolute atomic E-state index is 0.0345. The molecular weight excluding hydrogens is 447 g/mol. The first-order chi connectivity index (χ1) is 15.6. The average Bonchev–Trinajstić information content (AvgIpc) is 2.76. The van der Waals surface area contributed by atoms with Gasteiger partial charge in [-0.15, -0.1) is 0 Å². The summed E-state index contributed by atoms with van der Waals surface area (Å²) in [6.07, 6.45) is 1.26. The number of hydrogen-bond donors (Lipinski definition) is 1. The Bertz CT molecular complexity index is 881. The topological polar surface area (TPSA) is 103 Å². The SMILES string of the molecule is COC[C@]1(COP(=O)(N[C@@H](C)C(=O)OC(C)C)Oc2ccccc2)C(=O)[C@H]2CCN1[C@H](C)C2. The summed E-state index contributed by atoms with van der Waals surface area (Å²) in [5.74, 6) is -0.315. The molecule has 1 N–H and O–H groups in total. The Morgan fingerprint density at radius 2 is 1.94 bits per heavy atom. The monoisotopic (exact) mass is 482 g/mol. The van der Waals surface area contributed by atoms with Crippen LogP contribution < -0.4 is 9.61 Å². The van der Waals surface area contributed by atoms with E-state index in [1.54, 1.807) is 44.2 Å². The third kappa shape index (κ3) is 5.84. The van der Waals surface area contributed by atoms with Gasteiger partial charge in [-0.1, -0.05) is 18.2 Å². The maximum Gasteiger partial charge on any atom is 0.459 e. The van der Waals surface area contributed by atoms with Gasteiger partial charge in [0.1, 0.15) is 17.3 Å². The first kappa shape index (κ1) is 25.8. The Balaban J connectivity index is 1.85. The number of para-hydroxylation sites is 1. The summed E-state index contributed by atoms with van der Waals surface area (Å²) < 4.78 is 36.1. The average molecular weight is 483 g/mol. The molecule has 3 saturated heterocycles. The Morgan fingerprint density at radius 3 is 2.55 bits per heavy atom. The number of methoxy groups -OCH3 is 1. The normalized spacial score (nSPS) is 29.5. The van der Waals surface area contributed by atoms with E-state index in [9.17, 15) is 14.2 Å². The molecular formula is C23H35N2O7P. The highest BCUT2D eigenvalue weighted by Crippen LogP contribution is 2.48. The van der Waals surface area contributed by atoms with E-state index in [1.807, 2.05) is 0 Å². The molecule has 2 unspecified atom stereocenters. The lowest BCUT2D eigenvalue weighted by atomic mass is 9.71. The lowest BCUT2D eigenvalue weighted by Gasteiger charge is -2.55. The van der Waals surface area contributed by atoms with E-state index in [1.165, 1.54) is 14.0 Å². The predicted molar refractivity (Wildman–Crippen MR) is 123 cm³/mol. The highest BCUT2D eigenvalue weighted by Gasteiger charge is 2.56. The van der Waals surface area contributed by atoms with Crippen LogP contribution in [0.3, 0.4) is 0 Å². The lowest BCUT2D eigenvalue weighted by Crippen LogP contribution is -2.71. The third-order valence-corrected chi connectivity index (χ3v) is 7.76. The first-order valence-corrected chi connectivity index (χ1v) is 12.9. The number of hydrogen-bond acceptors (Lipinski definition) is 8. The number of piperidine rings is 3. The summed E-state index contributed by atoms with van der Waals surface area (Å²) in [4.78, 5) is 27.8. The number of Topliss-reactive ketones (excluding diaryl/α,β-unsaturated/α-hetero) is 1. The van der Waals surface area contributed by atoms with E-state index in [0.717, 1.165) is 19.4 Å². The molecule has 1 aromatic carbocycles. The number of carbonyl (C=O) groups is 2. The number of benzene rings is 1. The standard InChI is InChI=1S/C23H35N2O7P/c1-16(2)31-22(27)18(4)24-33(28,32-20-9-7-6-8-10-20)30-15-23(14-29-5)21(26)19-11-12-25(23)17(3)13-19/h6-10,16-19H,11-15H2,1-5H3,(H,24,28)/t17-,18+,19+,23+,33?/m1/s1. The molecule has 0 amide bonds. The minimum Gasteiger partial charge on any atom is -0.462 e. The fourth-order valence-electron chi connectivity index (χ4n) is 4.68. The maximum absolute atomic E-state index is 13.8. The van der Waals surface area contributed by atoms with Crippen molar-refractivity contribution in [2.45, 2.75) is 64.3 Å². The number of esters is 1. The molecule has 184 valence electrons. The van der Waals surface area contributed by atoms with Crippen LogP contribution >= 0.6 is 7.75 Å². The number of nitrogens with zero attached hydrogens (tertiary/aromatic N) is 1. The summed E-state index contributed by atoms with van der Waals surface area (Å²) in [6, 6.07) is 7.76. The molecule has 3 aliphatic rings. The van der Waals surface area contributed by atoms with E-state index in [-0.39, 0.29) is 37.1 Å². The summed E-state index contributed by atoms with van der Waals surface area (Å²) in [5, 5.41) is 2.68. The van der Waals surface area contributed by atoms with Crippen molar-refractivity contribution in [3.05, 3.63) is 30.3 Å². The van der Waals surface area contributed by atoms with Gasteiger partial charge in [0.2, 0.25) is 0 Å². The van der Waals surface area contributed by atoms with Crippen molar-refractivity contribution in [2.75, 3.05) is 26.9 Å². The minimum atomic E-state index is -4.08. The van der Waals surface area contributed by atoms with Crippen molar-refractivity contribution in [3.8, 4) is 5.75 Å². The van der Waals surface area contributed by atoms with Crippen molar-refractivity contribution in [3.63, 3.8) is 0 Å². The zero-order chi connectivity index (χ0) is 24.2. The summed E-state index contributed by atoms with van der Waals surface area (Å²) >= 11 is 0. The van der Waals surface area contributed by atoms with Gasteiger partial charge < -0.3 is 14.0 Å². The van der Waals surface area contributed by atoms with Crippen LogP contribution in [0.2, 0.25) is 0 Å². The molecule has 0 spiro atoms. The Hall–Kier alpha value is -1.77. The molecule has 6 atom stereocenters. The fraction of sp³-hybridized carbons (Fsp3) is 0.652. The van der Waals surface area contributed by atoms with E-state index >= 15 is 0 Å². The molecule has 0 aromatic heterocycles. The zero-order valence-electron chi connectivity index (χ0n) is 20.0. The Labute approximate surface area is 195 Å². The van der Waals surface area contributed by atoms with Gasteiger partial charge in [-0.2, -0.15) is 5.09 Å². The summed E-state index contributed by atoms with van der Waals surface area (Å²) in [5.41, 5.74) is -1.06. The van der Waals surface area contributed by atoms with Gasteiger partial charge >= 0.3 is 13.7 Å².